The number of hydrogen-bond acceptors (Lipinski definition) is 0. The Balaban J connectivity index is 0. The van der Waals surface area contributed by atoms with Crippen molar-refractivity contribution in [3.63, 3.8) is 0 Å². The minimum absolute atomic E-state index is 0. The van der Waals surface area contributed by atoms with Gasteiger partial charge < -0.3 is 5.48 Å². The summed E-state index contributed by atoms with van der Waals surface area (Å²) in [5, 5.41) is 0. The van der Waals surface area contributed by atoms with E-state index >= 15 is 0 Å². The predicted octanol–water partition coefficient (Wildman–Crippen LogP) is -0.102. The third-order valence-electron chi connectivity index (χ3n) is 0.533. The van der Waals surface area contributed by atoms with E-state index in [-0.39, 0.29) is 5.48 Å². The fourth-order valence-electron chi connectivity index (χ4n) is 0.283. The van der Waals surface area contributed by atoms with Crippen molar-refractivity contribution in [2.75, 3.05) is 0 Å². The molecule has 0 rings (SSSR count). The molecule has 5 heteroatoms. The van der Waals surface area contributed by atoms with Crippen molar-refractivity contribution in [2.45, 2.75) is 18.6 Å². The van der Waals surface area contributed by atoms with Crippen LogP contribution in [0.4, 0.5) is 13.2 Å². The molecule has 0 bridgehead atoms. The van der Waals surface area contributed by atoms with Gasteiger partial charge >= 0.3 is 6.18 Å². The van der Waals surface area contributed by atoms with Gasteiger partial charge in [0.2, 0.25) is 0 Å². The van der Waals surface area contributed by atoms with Crippen molar-refractivity contribution >= 4 is 10.2 Å². The average Bonchev–Trinajstić information content (AvgIpc) is 1.30. The van der Waals surface area contributed by atoms with E-state index < -0.39 is 12.6 Å². The van der Waals surface area contributed by atoms with Crippen LogP contribution in [0.15, 0.2) is 0 Å². The number of halogens is 3. The van der Waals surface area contributed by atoms with E-state index in [2.05, 4.69) is 0 Å². The maximum absolute atomic E-state index is 11.1. The van der Waals surface area contributed by atoms with Crippen molar-refractivity contribution in [1.29, 1.82) is 0 Å². The maximum Gasteiger partial charge on any atom is 0.388 e. The molecule has 8 heavy (non-hydrogen) atoms. The summed E-state index contributed by atoms with van der Waals surface area (Å²) in [5.41, 5.74) is 0. The van der Waals surface area contributed by atoms with Gasteiger partial charge in [-0.25, -0.2) is 0 Å². The van der Waals surface area contributed by atoms with E-state index in [4.69, 9.17) is 0 Å². The van der Waals surface area contributed by atoms with E-state index in [0.717, 1.165) is 0 Å². The topological polar surface area (TPSA) is 31.5 Å². The molecule has 0 saturated heterocycles. The lowest BCUT2D eigenvalue weighted by Crippen LogP contribution is -2.05. The average molecular weight is 146 g/mol. The number of hydrogen-bond donors (Lipinski definition) is 0. The Morgan fingerprint density at radius 2 is 1.62 bits per heavy atom. The fraction of sp³-hybridized carbons (Fsp3) is 1.00. The zero-order valence-corrected chi connectivity index (χ0v) is 6.55. The van der Waals surface area contributed by atoms with Gasteiger partial charge in [0.25, 0.3) is 0 Å². The standard InChI is InChI=1S/C3H7F3Si.H2O/c4-3(5,6)1-2-7;/h1-2H2,7H3;1H2. The van der Waals surface area contributed by atoms with Gasteiger partial charge in [0.05, 0.1) is 0 Å². The van der Waals surface area contributed by atoms with E-state index in [1.54, 1.807) is 0 Å². The lowest BCUT2D eigenvalue weighted by Gasteiger charge is -2.00. The van der Waals surface area contributed by atoms with Crippen LogP contribution in [0.2, 0.25) is 6.04 Å². The summed E-state index contributed by atoms with van der Waals surface area (Å²) in [7, 11) is 0.650. The van der Waals surface area contributed by atoms with Crippen molar-refractivity contribution in [1.82, 2.24) is 0 Å². The molecule has 0 atom stereocenters. The van der Waals surface area contributed by atoms with Crippen LogP contribution in [0.1, 0.15) is 6.42 Å². The second kappa shape index (κ2) is 3.91. The smallest absolute Gasteiger partial charge is 0.388 e. The molecule has 0 aliphatic rings. The summed E-state index contributed by atoms with van der Waals surface area (Å²) in [6.45, 7) is 0. The molecule has 1 nitrogen and oxygen atoms in total. The highest BCUT2D eigenvalue weighted by molar-refractivity contribution is 6.08. The molecule has 0 saturated carbocycles. The summed E-state index contributed by atoms with van der Waals surface area (Å²) in [6, 6.07) is 0.323. The van der Waals surface area contributed by atoms with Gasteiger partial charge in [-0.3, -0.25) is 0 Å². The molecule has 0 aliphatic carbocycles. The van der Waals surface area contributed by atoms with Crippen LogP contribution in [0, 0.1) is 0 Å². The summed E-state index contributed by atoms with van der Waals surface area (Å²) in [5.74, 6) is 0. The Morgan fingerprint density at radius 3 is 1.62 bits per heavy atom. The van der Waals surface area contributed by atoms with E-state index in [9.17, 15) is 13.2 Å². The van der Waals surface area contributed by atoms with Crippen LogP contribution in [0.3, 0.4) is 0 Å². The Hall–Kier alpha value is -0.0331. The Kier molecular flexibility index (Phi) is 5.31. The lowest BCUT2D eigenvalue weighted by molar-refractivity contribution is -0.130. The minimum atomic E-state index is -3.91. The van der Waals surface area contributed by atoms with E-state index in [1.807, 2.05) is 0 Å². The van der Waals surface area contributed by atoms with Gasteiger partial charge in [0.15, 0.2) is 0 Å². The highest BCUT2D eigenvalue weighted by Gasteiger charge is 2.24. The van der Waals surface area contributed by atoms with Crippen LogP contribution in [-0.2, 0) is 0 Å². The van der Waals surface area contributed by atoms with Crippen molar-refractivity contribution in [3.8, 4) is 0 Å². The molecule has 0 heterocycles. The van der Waals surface area contributed by atoms with Gasteiger partial charge in [-0.05, 0) is 0 Å². The minimum Gasteiger partial charge on any atom is -0.412 e. The second-order valence-corrected chi connectivity index (χ2v) is 2.37. The molecular weight excluding hydrogens is 137 g/mol. The monoisotopic (exact) mass is 146 g/mol. The summed E-state index contributed by atoms with van der Waals surface area (Å²) < 4.78 is 33.2. The SMILES string of the molecule is FC(F)(F)CC[SiH3].O. The van der Waals surface area contributed by atoms with Crippen LogP contribution in [0.5, 0.6) is 0 Å². The normalized spacial score (nSPS) is 10.9. The molecule has 0 spiro atoms. The van der Waals surface area contributed by atoms with Crippen LogP contribution in [-0.4, -0.2) is 21.9 Å². The zero-order valence-electron chi connectivity index (χ0n) is 4.55. The number of rotatable bonds is 1. The number of alkyl halides is 3. The largest absolute Gasteiger partial charge is 0.412 e. The maximum atomic E-state index is 11.1. The molecule has 0 amide bonds. The van der Waals surface area contributed by atoms with Gasteiger partial charge in [0, 0.05) is 16.7 Å². The first kappa shape index (κ1) is 10.9. The van der Waals surface area contributed by atoms with Gasteiger partial charge in [0.1, 0.15) is 0 Å². The van der Waals surface area contributed by atoms with Crippen molar-refractivity contribution < 1.29 is 18.6 Å². The van der Waals surface area contributed by atoms with Crippen molar-refractivity contribution in [3.05, 3.63) is 0 Å². The molecule has 52 valence electrons. The van der Waals surface area contributed by atoms with E-state index in [1.165, 1.54) is 0 Å². The molecule has 0 fully saturated rings. The fourth-order valence-corrected chi connectivity index (χ4v) is 0.850. The van der Waals surface area contributed by atoms with Crippen molar-refractivity contribution in [2.24, 2.45) is 0 Å². The Labute approximate surface area is 48.6 Å². The van der Waals surface area contributed by atoms with E-state index in [0.29, 0.717) is 16.3 Å². The first-order valence-electron chi connectivity index (χ1n) is 2.13. The second-order valence-electron chi connectivity index (χ2n) is 1.37. The molecule has 0 radical (unpaired) electrons. The molecule has 0 aliphatic heterocycles. The van der Waals surface area contributed by atoms with Crippen LogP contribution in [0.25, 0.3) is 0 Å². The first-order chi connectivity index (χ1) is 3.06. The van der Waals surface area contributed by atoms with Crippen LogP contribution < -0.4 is 0 Å². The van der Waals surface area contributed by atoms with Gasteiger partial charge in [-0.1, -0.05) is 6.04 Å². The van der Waals surface area contributed by atoms with Crippen LogP contribution >= 0.6 is 0 Å². The summed E-state index contributed by atoms with van der Waals surface area (Å²) in [4.78, 5) is 0. The Bertz CT molecular complexity index is 53.0. The molecule has 0 unspecified atom stereocenters. The molecule has 0 aromatic rings. The lowest BCUT2D eigenvalue weighted by atomic mass is 10.5. The highest BCUT2D eigenvalue weighted by atomic mass is 28.1. The molecular formula is C3H9F3OSi. The third kappa shape index (κ3) is 9.35. The highest BCUT2D eigenvalue weighted by Crippen LogP contribution is 2.20. The summed E-state index contributed by atoms with van der Waals surface area (Å²) in [6.07, 6.45) is -4.51. The quantitative estimate of drug-likeness (QED) is 0.463. The molecule has 0 aromatic heterocycles. The molecule has 2 N–H and O–H groups in total. The Morgan fingerprint density at radius 1 is 1.25 bits per heavy atom. The molecule has 0 aromatic carbocycles. The predicted molar refractivity (Wildman–Crippen MR) is 29.0 cm³/mol. The zero-order chi connectivity index (χ0) is 5.91. The van der Waals surface area contributed by atoms with Gasteiger partial charge in [-0.15, -0.1) is 0 Å². The third-order valence-corrected chi connectivity index (χ3v) is 1.03. The summed E-state index contributed by atoms with van der Waals surface area (Å²) >= 11 is 0. The first-order valence-corrected chi connectivity index (χ1v) is 3.54. The van der Waals surface area contributed by atoms with Gasteiger partial charge in [-0.2, -0.15) is 13.2 Å².